The van der Waals surface area contributed by atoms with Gasteiger partial charge in [-0.05, 0) is 35.9 Å². The number of rotatable bonds is 3. The minimum Gasteiger partial charge on any atom is -0.325 e. The molecule has 0 saturated carbocycles. The number of benzene rings is 2. The van der Waals surface area contributed by atoms with Gasteiger partial charge in [0.15, 0.2) is 0 Å². The third kappa shape index (κ3) is 3.93. The van der Waals surface area contributed by atoms with E-state index in [1.54, 1.807) is 24.3 Å². The number of anilines is 1. The molecule has 2 rings (SSSR count). The van der Waals surface area contributed by atoms with Gasteiger partial charge < -0.3 is 5.32 Å². The van der Waals surface area contributed by atoms with Gasteiger partial charge >= 0.3 is 6.18 Å². The Balaban J connectivity index is 2.10. The molecule has 0 heterocycles. The summed E-state index contributed by atoms with van der Waals surface area (Å²) in [6, 6.07) is 10.7. The third-order valence-electron chi connectivity index (χ3n) is 2.89. The van der Waals surface area contributed by atoms with E-state index in [0.717, 1.165) is 24.3 Å². The average Bonchev–Trinajstić information content (AvgIpc) is 2.46. The second kappa shape index (κ2) is 6.58. The normalized spacial score (nSPS) is 12.8. The van der Waals surface area contributed by atoms with E-state index in [1.807, 2.05) is 0 Å². The smallest absolute Gasteiger partial charge is 0.325 e. The van der Waals surface area contributed by atoms with Gasteiger partial charge in [0.2, 0.25) is 5.91 Å². The van der Waals surface area contributed by atoms with E-state index < -0.39 is 23.0 Å². The minimum absolute atomic E-state index is 0.218. The molecule has 1 N–H and O–H groups in total. The highest BCUT2D eigenvalue weighted by Crippen LogP contribution is 2.31. The standard InChI is InChI=1S/C15H10Cl2F3NO/c16-12-4-2-1-3-11(12)13(17)14(22)21-10-7-5-9(6-8-10)15(18,19)20/h1-8,13H,(H,21,22). The number of hydrogen-bond acceptors (Lipinski definition) is 1. The van der Waals surface area contributed by atoms with Crippen molar-refractivity contribution in [2.24, 2.45) is 0 Å². The molecule has 0 aliphatic rings. The summed E-state index contributed by atoms with van der Waals surface area (Å²) in [5, 5.41) is 1.74. The average molecular weight is 348 g/mol. The molecule has 2 aromatic carbocycles. The van der Waals surface area contributed by atoms with Crippen molar-refractivity contribution >= 4 is 34.8 Å². The molecule has 1 amide bonds. The first-order valence-electron chi connectivity index (χ1n) is 6.15. The summed E-state index contributed by atoms with van der Waals surface area (Å²) in [5.74, 6) is -0.575. The van der Waals surface area contributed by atoms with Crippen molar-refractivity contribution in [2.75, 3.05) is 5.32 Å². The van der Waals surface area contributed by atoms with E-state index >= 15 is 0 Å². The van der Waals surface area contributed by atoms with Crippen LogP contribution >= 0.6 is 23.2 Å². The number of carbonyl (C=O) groups excluding carboxylic acids is 1. The fourth-order valence-electron chi connectivity index (χ4n) is 1.77. The van der Waals surface area contributed by atoms with Crippen LogP contribution in [0.1, 0.15) is 16.5 Å². The maximum Gasteiger partial charge on any atom is 0.416 e. The van der Waals surface area contributed by atoms with Crippen LogP contribution in [0, 0.1) is 0 Å². The van der Waals surface area contributed by atoms with Gasteiger partial charge in [0, 0.05) is 10.7 Å². The molecular formula is C15H10Cl2F3NO. The van der Waals surface area contributed by atoms with Crippen LogP contribution in [0.2, 0.25) is 5.02 Å². The lowest BCUT2D eigenvalue weighted by Crippen LogP contribution is -2.17. The highest BCUT2D eigenvalue weighted by atomic mass is 35.5. The highest BCUT2D eigenvalue weighted by Gasteiger charge is 2.30. The Bertz CT molecular complexity index is 671. The number of alkyl halides is 4. The molecule has 22 heavy (non-hydrogen) atoms. The monoisotopic (exact) mass is 347 g/mol. The Kier molecular flexibility index (Phi) is 4.98. The van der Waals surface area contributed by atoms with Gasteiger partial charge in [-0.15, -0.1) is 11.6 Å². The van der Waals surface area contributed by atoms with Crippen LogP contribution in [0.4, 0.5) is 18.9 Å². The summed E-state index contributed by atoms with van der Waals surface area (Å²) in [6.07, 6.45) is -4.42. The Morgan fingerprint density at radius 2 is 1.64 bits per heavy atom. The largest absolute Gasteiger partial charge is 0.416 e. The maximum absolute atomic E-state index is 12.5. The van der Waals surface area contributed by atoms with Crippen LogP contribution < -0.4 is 5.32 Å². The van der Waals surface area contributed by atoms with Gasteiger partial charge in [0.05, 0.1) is 5.56 Å². The second-order valence-electron chi connectivity index (χ2n) is 4.45. The van der Waals surface area contributed by atoms with Gasteiger partial charge in [-0.2, -0.15) is 13.2 Å². The quantitative estimate of drug-likeness (QED) is 0.752. The zero-order valence-electron chi connectivity index (χ0n) is 11.0. The molecule has 0 fully saturated rings. The predicted octanol–water partition coefficient (Wildman–Crippen LogP) is 5.28. The van der Waals surface area contributed by atoms with Crippen molar-refractivity contribution in [1.29, 1.82) is 0 Å². The third-order valence-corrected chi connectivity index (χ3v) is 3.67. The van der Waals surface area contributed by atoms with Crippen molar-refractivity contribution in [1.82, 2.24) is 0 Å². The first-order valence-corrected chi connectivity index (χ1v) is 6.97. The second-order valence-corrected chi connectivity index (χ2v) is 5.29. The molecule has 0 saturated heterocycles. The van der Waals surface area contributed by atoms with Crippen molar-refractivity contribution in [2.45, 2.75) is 11.6 Å². The molecule has 0 radical (unpaired) electrons. The predicted molar refractivity (Wildman–Crippen MR) is 80.1 cm³/mol. The van der Waals surface area contributed by atoms with E-state index in [4.69, 9.17) is 23.2 Å². The molecule has 2 nitrogen and oxygen atoms in total. The summed E-state index contributed by atoms with van der Waals surface area (Å²) in [6.45, 7) is 0. The Hall–Kier alpha value is -1.72. The lowest BCUT2D eigenvalue weighted by atomic mass is 10.1. The molecule has 0 aromatic heterocycles. The van der Waals surface area contributed by atoms with Crippen LogP contribution in [-0.2, 0) is 11.0 Å². The van der Waals surface area contributed by atoms with E-state index in [1.165, 1.54) is 0 Å². The van der Waals surface area contributed by atoms with Gasteiger partial charge in [0.25, 0.3) is 0 Å². The fourth-order valence-corrected chi connectivity index (χ4v) is 2.32. The summed E-state index contributed by atoms with van der Waals surface area (Å²) in [4.78, 5) is 12.0. The minimum atomic E-state index is -4.42. The van der Waals surface area contributed by atoms with Crippen LogP contribution in [0.15, 0.2) is 48.5 Å². The number of nitrogens with one attached hydrogen (secondary N) is 1. The molecule has 116 valence electrons. The van der Waals surface area contributed by atoms with Gasteiger partial charge in [0.1, 0.15) is 5.38 Å². The summed E-state index contributed by atoms with van der Waals surface area (Å²) in [7, 11) is 0. The van der Waals surface area contributed by atoms with Crippen molar-refractivity contribution in [3.8, 4) is 0 Å². The molecule has 0 spiro atoms. The lowest BCUT2D eigenvalue weighted by Gasteiger charge is -2.13. The van der Waals surface area contributed by atoms with Gasteiger partial charge in [-0.25, -0.2) is 0 Å². The molecule has 1 atom stereocenters. The van der Waals surface area contributed by atoms with Crippen molar-refractivity contribution in [3.05, 3.63) is 64.7 Å². The summed E-state index contributed by atoms with van der Waals surface area (Å²) >= 11 is 12.0. The first kappa shape index (κ1) is 16.6. The van der Waals surface area contributed by atoms with Crippen LogP contribution in [0.25, 0.3) is 0 Å². The van der Waals surface area contributed by atoms with Crippen LogP contribution in [0.5, 0.6) is 0 Å². The van der Waals surface area contributed by atoms with E-state index in [2.05, 4.69) is 5.32 Å². The van der Waals surface area contributed by atoms with Gasteiger partial charge in [-0.1, -0.05) is 29.8 Å². The molecule has 1 unspecified atom stereocenters. The Morgan fingerprint density at radius 3 is 2.18 bits per heavy atom. The zero-order valence-corrected chi connectivity index (χ0v) is 12.5. The summed E-state index contributed by atoms with van der Waals surface area (Å²) < 4.78 is 37.4. The molecule has 0 aliphatic carbocycles. The number of hydrogen-bond donors (Lipinski definition) is 1. The maximum atomic E-state index is 12.5. The first-order chi connectivity index (χ1) is 10.3. The van der Waals surface area contributed by atoms with Crippen LogP contribution in [0.3, 0.4) is 0 Å². The van der Waals surface area contributed by atoms with E-state index in [0.29, 0.717) is 10.6 Å². The van der Waals surface area contributed by atoms with Crippen molar-refractivity contribution < 1.29 is 18.0 Å². The Labute approximate surface area is 134 Å². The van der Waals surface area contributed by atoms with Crippen LogP contribution in [-0.4, -0.2) is 5.91 Å². The molecular weight excluding hydrogens is 338 g/mol. The molecule has 0 bridgehead atoms. The molecule has 2 aromatic rings. The zero-order chi connectivity index (χ0) is 16.3. The topological polar surface area (TPSA) is 29.1 Å². The SMILES string of the molecule is O=C(Nc1ccc(C(F)(F)F)cc1)C(Cl)c1ccccc1Cl. The van der Waals surface area contributed by atoms with Crippen molar-refractivity contribution in [3.63, 3.8) is 0 Å². The summed E-state index contributed by atoms with van der Waals surface area (Å²) in [5.41, 5.74) is -0.148. The van der Waals surface area contributed by atoms with Gasteiger partial charge in [-0.3, -0.25) is 4.79 Å². The fraction of sp³-hybridized carbons (Fsp3) is 0.133. The number of halogens is 5. The Morgan fingerprint density at radius 1 is 1.05 bits per heavy atom. The number of carbonyl (C=O) groups is 1. The lowest BCUT2D eigenvalue weighted by molar-refractivity contribution is -0.137. The van der Waals surface area contributed by atoms with E-state index in [9.17, 15) is 18.0 Å². The number of amides is 1. The molecule has 7 heteroatoms. The molecule has 0 aliphatic heterocycles. The highest BCUT2D eigenvalue weighted by molar-refractivity contribution is 6.36. The van der Waals surface area contributed by atoms with E-state index in [-0.39, 0.29) is 5.69 Å².